The SMILES string of the molecule is C/N=C\C(N)CCCCNC(=O)COCCOCCNC(=O)COCCOCCNC(=O)CC[C@H](NC(=O)CCCCCCCCCCCCCCCCCCC(=O)O)C(=O)O. The number of aliphatic carboxylic acids is 2. The Morgan fingerprint density at radius 3 is 1.40 bits per heavy atom. The van der Waals surface area contributed by atoms with E-state index >= 15 is 0 Å². The van der Waals surface area contributed by atoms with E-state index in [0.29, 0.717) is 19.5 Å². The predicted molar refractivity (Wildman–Crippen MR) is 238 cm³/mol. The Labute approximate surface area is 370 Å². The molecule has 0 saturated heterocycles. The summed E-state index contributed by atoms with van der Waals surface area (Å²) in [6.45, 7) is 2.27. The first kappa shape index (κ1) is 58.3. The van der Waals surface area contributed by atoms with Crippen LogP contribution in [0, 0.1) is 0 Å². The van der Waals surface area contributed by atoms with Gasteiger partial charge in [0.05, 0.1) is 39.6 Å². The number of rotatable bonds is 46. The van der Waals surface area contributed by atoms with E-state index in [0.717, 1.165) is 57.8 Å². The first-order valence-electron chi connectivity index (χ1n) is 23.1. The Kier molecular flexibility index (Phi) is 41.3. The molecule has 0 fully saturated rings. The largest absolute Gasteiger partial charge is 0.481 e. The van der Waals surface area contributed by atoms with Crippen LogP contribution in [0.25, 0.3) is 0 Å². The van der Waals surface area contributed by atoms with Crippen LogP contribution in [0.4, 0.5) is 0 Å². The number of carboxylic acid groups (broad SMARTS) is 2. The topological polar surface area (TPSA) is 266 Å². The minimum absolute atomic E-state index is 0.0194. The van der Waals surface area contributed by atoms with Crippen LogP contribution in [-0.2, 0) is 47.7 Å². The average molecular weight is 887 g/mol. The van der Waals surface area contributed by atoms with Gasteiger partial charge in [-0.1, -0.05) is 89.9 Å². The number of unbranched alkanes of at least 4 members (excludes halogenated alkanes) is 16. The normalized spacial score (nSPS) is 12.2. The molecule has 0 aliphatic rings. The third-order valence-corrected chi connectivity index (χ3v) is 9.81. The summed E-state index contributed by atoms with van der Waals surface area (Å²) in [4.78, 5) is 74.3. The van der Waals surface area contributed by atoms with Crippen molar-refractivity contribution in [3.8, 4) is 0 Å². The molecule has 0 aromatic carbocycles. The monoisotopic (exact) mass is 887 g/mol. The fourth-order valence-electron chi connectivity index (χ4n) is 6.32. The number of carbonyl (C=O) groups excluding carboxylic acids is 4. The summed E-state index contributed by atoms with van der Waals surface area (Å²) >= 11 is 0. The van der Waals surface area contributed by atoms with Crippen LogP contribution in [0.2, 0.25) is 0 Å². The van der Waals surface area contributed by atoms with E-state index in [1.165, 1.54) is 57.8 Å². The molecule has 62 heavy (non-hydrogen) atoms. The summed E-state index contributed by atoms with van der Waals surface area (Å²) in [5.74, 6) is -3.05. The zero-order chi connectivity index (χ0) is 45.7. The van der Waals surface area contributed by atoms with Crippen LogP contribution in [0.1, 0.15) is 148 Å². The number of carboxylic acids is 2. The molecule has 18 heteroatoms. The highest BCUT2D eigenvalue weighted by atomic mass is 16.5. The third kappa shape index (κ3) is 43.0. The van der Waals surface area contributed by atoms with Gasteiger partial charge in [-0.25, -0.2) is 4.79 Å². The van der Waals surface area contributed by atoms with Gasteiger partial charge in [-0.05, 0) is 38.5 Å². The molecule has 0 aliphatic carbocycles. The Bertz CT molecular complexity index is 1200. The van der Waals surface area contributed by atoms with E-state index in [1.54, 1.807) is 13.3 Å². The van der Waals surface area contributed by atoms with Crippen molar-refractivity contribution in [2.24, 2.45) is 10.7 Å². The number of nitrogens with two attached hydrogens (primary N) is 1. The molecule has 18 nitrogen and oxygen atoms in total. The van der Waals surface area contributed by atoms with Crippen molar-refractivity contribution in [1.82, 2.24) is 21.3 Å². The minimum Gasteiger partial charge on any atom is -0.481 e. The summed E-state index contributed by atoms with van der Waals surface area (Å²) in [7, 11) is 1.69. The number of aliphatic imine (C=N–C) groups is 1. The van der Waals surface area contributed by atoms with Crippen LogP contribution in [-0.4, -0.2) is 144 Å². The van der Waals surface area contributed by atoms with Crippen molar-refractivity contribution in [3.05, 3.63) is 0 Å². The fraction of sp³-hybridized carbons (Fsp3) is 0.841. The second-order valence-electron chi connectivity index (χ2n) is 15.5. The second-order valence-corrected chi connectivity index (χ2v) is 15.5. The second kappa shape index (κ2) is 43.9. The molecule has 0 spiro atoms. The van der Waals surface area contributed by atoms with Crippen LogP contribution >= 0.6 is 0 Å². The molecule has 1 unspecified atom stereocenters. The van der Waals surface area contributed by atoms with Crippen molar-refractivity contribution < 1.29 is 57.9 Å². The summed E-state index contributed by atoms with van der Waals surface area (Å²) in [6.07, 6.45) is 22.6. The van der Waals surface area contributed by atoms with Crippen LogP contribution in [0.15, 0.2) is 4.99 Å². The van der Waals surface area contributed by atoms with Gasteiger partial charge in [0.15, 0.2) is 0 Å². The van der Waals surface area contributed by atoms with E-state index in [-0.39, 0.29) is 115 Å². The predicted octanol–water partition coefficient (Wildman–Crippen LogP) is 4.06. The number of carbonyl (C=O) groups is 6. The summed E-state index contributed by atoms with van der Waals surface area (Å²) in [5, 5.41) is 28.8. The van der Waals surface area contributed by atoms with Crippen molar-refractivity contribution in [1.29, 1.82) is 0 Å². The number of hydrogen-bond donors (Lipinski definition) is 7. The van der Waals surface area contributed by atoms with Crippen LogP contribution in [0.3, 0.4) is 0 Å². The molecule has 0 aromatic heterocycles. The minimum atomic E-state index is -1.18. The van der Waals surface area contributed by atoms with Crippen LogP contribution in [0.5, 0.6) is 0 Å². The number of hydrogen-bond acceptors (Lipinski definition) is 12. The first-order chi connectivity index (χ1) is 30.0. The zero-order valence-corrected chi connectivity index (χ0v) is 37.8. The molecule has 0 radical (unpaired) electrons. The molecular formula is C44H82N6O12. The Morgan fingerprint density at radius 1 is 0.500 bits per heavy atom. The molecule has 8 N–H and O–H groups in total. The van der Waals surface area contributed by atoms with Crippen molar-refractivity contribution in [3.63, 3.8) is 0 Å². The van der Waals surface area contributed by atoms with Gasteiger partial charge < -0.3 is 56.2 Å². The lowest BCUT2D eigenvalue weighted by atomic mass is 10.0. The highest BCUT2D eigenvalue weighted by Gasteiger charge is 2.20. The van der Waals surface area contributed by atoms with E-state index in [9.17, 15) is 33.9 Å². The summed E-state index contributed by atoms with van der Waals surface area (Å²) in [6, 6.07) is -1.19. The molecule has 0 heterocycles. The smallest absolute Gasteiger partial charge is 0.326 e. The molecule has 0 aliphatic heterocycles. The lowest BCUT2D eigenvalue weighted by molar-refractivity contribution is -0.142. The fourth-order valence-corrected chi connectivity index (χ4v) is 6.32. The van der Waals surface area contributed by atoms with E-state index in [1.807, 2.05) is 0 Å². The molecule has 0 bridgehead atoms. The lowest BCUT2D eigenvalue weighted by Crippen LogP contribution is -2.41. The number of nitrogens with zero attached hydrogens (tertiary/aromatic N) is 1. The van der Waals surface area contributed by atoms with Crippen molar-refractivity contribution in [2.75, 3.05) is 79.5 Å². The molecule has 0 saturated carbocycles. The van der Waals surface area contributed by atoms with Gasteiger partial charge in [-0.3, -0.25) is 29.0 Å². The zero-order valence-electron chi connectivity index (χ0n) is 37.8. The maximum absolute atomic E-state index is 12.3. The molecule has 2 atom stereocenters. The van der Waals surface area contributed by atoms with Gasteiger partial charge in [0.1, 0.15) is 19.3 Å². The van der Waals surface area contributed by atoms with E-state index < -0.39 is 18.0 Å². The Balaban J connectivity index is 3.63. The molecule has 0 aromatic rings. The maximum atomic E-state index is 12.3. The van der Waals surface area contributed by atoms with Gasteiger partial charge in [0.25, 0.3) is 0 Å². The molecule has 4 amide bonds. The molecular weight excluding hydrogens is 805 g/mol. The van der Waals surface area contributed by atoms with E-state index in [2.05, 4.69) is 26.3 Å². The summed E-state index contributed by atoms with van der Waals surface area (Å²) < 4.78 is 21.4. The number of ether oxygens (including phenoxy) is 4. The quantitative estimate of drug-likeness (QED) is 0.0336. The Morgan fingerprint density at radius 2 is 0.935 bits per heavy atom. The average Bonchev–Trinajstić information content (AvgIpc) is 3.23. The van der Waals surface area contributed by atoms with E-state index in [4.69, 9.17) is 29.8 Å². The summed E-state index contributed by atoms with van der Waals surface area (Å²) in [5.41, 5.74) is 5.84. The molecule has 360 valence electrons. The van der Waals surface area contributed by atoms with Gasteiger partial charge in [-0.15, -0.1) is 0 Å². The number of amides is 4. The molecule has 0 rings (SSSR count). The van der Waals surface area contributed by atoms with Gasteiger partial charge in [0, 0.05) is 58.2 Å². The van der Waals surface area contributed by atoms with Crippen molar-refractivity contribution >= 4 is 41.8 Å². The standard InChI is InChI=1S/C44H82N6O12/c1-46-34-37(45)20-18-19-25-47-41(53)35-61-32-31-60-29-27-49-42(54)36-62-33-30-59-28-26-48-39(51)24-23-38(44(57)58)50-40(52)21-16-14-12-10-8-6-4-2-3-5-7-9-11-13-15-17-22-43(55)56/h34,37-38H,2-33,35-36,45H2,1H3,(H,47,53)(H,48,51)(H,49,54)(H,50,52)(H,55,56)(H,57,58)/b46-34-/t37?,38-/m0/s1. The lowest BCUT2D eigenvalue weighted by Gasteiger charge is -2.14. The highest BCUT2D eigenvalue weighted by molar-refractivity contribution is 5.84. The van der Waals surface area contributed by atoms with Gasteiger partial charge in [0.2, 0.25) is 23.6 Å². The first-order valence-corrected chi connectivity index (χ1v) is 23.1. The maximum Gasteiger partial charge on any atom is 0.326 e. The van der Waals surface area contributed by atoms with Gasteiger partial charge in [-0.2, -0.15) is 0 Å². The van der Waals surface area contributed by atoms with Crippen LogP contribution < -0.4 is 27.0 Å². The van der Waals surface area contributed by atoms with Crippen molar-refractivity contribution in [2.45, 2.75) is 160 Å². The third-order valence-electron chi connectivity index (χ3n) is 9.81. The van der Waals surface area contributed by atoms with Gasteiger partial charge >= 0.3 is 11.9 Å². The number of nitrogens with one attached hydrogen (secondary N) is 4. The Hall–Kier alpha value is -3.71. The highest BCUT2D eigenvalue weighted by Crippen LogP contribution is 2.14.